The summed E-state index contributed by atoms with van der Waals surface area (Å²) in [5.74, 6) is -1.99. The van der Waals surface area contributed by atoms with Crippen molar-refractivity contribution in [2.24, 2.45) is 0 Å². The lowest BCUT2D eigenvalue weighted by Gasteiger charge is -2.07. The lowest BCUT2D eigenvalue weighted by molar-refractivity contribution is 0.0692. The van der Waals surface area contributed by atoms with E-state index in [4.69, 9.17) is 5.11 Å². The summed E-state index contributed by atoms with van der Waals surface area (Å²) in [7, 11) is 0. The van der Waals surface area contributed by atoms with E-state index in [1.54, 1.807) is 31.5 Å². The van der Waals surface area contributed by atoms with E-state index in [9.17, 15) is 9.18 Å². The molecule has 0 unspecified atom stereocenters. The van der Waals surface area contributed by atoms with Crippen LogP contribution in [-0.4, -0.2) is 16.1 Å². The van der Waals surface area contributed by atoms with Crippen LogP contribution in [0.15, 0.2) is 36.7 Å². The Morgan fingerprint density at radius 2 is 2.18 bits per heavy atom. The van der Waals surface area contributed by atoms with Crippen molar-refractivity contribution >= 4 is 5.97 Å². The molecule has 0 radical (unpaired) electrons. The van der Waals surface area contributed by atoms with Crippen LogP contribution in [0.2, 0.25) is 0 Å². The Morgan fingerprint density at radius 1 is 1.41 bits per heavy atom. The van der Waals surface area contributed by atoms with E-state index in [1.165, 1.54) is 12.1 Å². The van der Waals surface area contributed by atoms with Crippen LogP contribution in [0.4, 0.5) is 4.39 Å². The molecule has 1 N–H and O–H groups in total. The van der Waals surface area contributed by atoms with Crippen molar-refractivity contribution in [1.29, 1.82) is 0 Å². The van der Waals surface area contributed by atoms with Gasteiger partial charge in [-0.25, -0.2) is 9.18 Å². The Hall–Kier alpha value is -2.23. The molecule has 1 heterocycles. The smallest absolute Gasteiger partial charge is 0.338 e. The van der Waals surface area contributed by atoms with Gasteiger partial charge in [0.1, 0.15) is 5.82 Å². The molecule has 0 saturated carbocycles. The third-order valence-electron chi connectivity index (χ3n) is 2.52. The van der Waals surface area contributed by atoms with Crippen LogP contribution < -0.4 is 0 Å². The van der Waals surface area contributed by atoms with Crippen molar-refractivity contribution in [1.82, 2.24) is 4.98 Å². The van der Waals surface area contributed by atoms with E-state index < -0.39 is 11.8 Å². The predicted molar refractivity (Wildman–Crippen MR) is 61.3 cm³/mol. The zero-order valence-electron chi connectivity index (χ0n) is 9.14. The Labute approximate surface area is 97.6 Å². The summed E-state index contributed by atoms with van der Waals surface area (Å²) in [5.41, 5.74) is 1.80. The monoisotopic (exact) mass is 231 g/mol. The highest BCUT2D eigenvalue weighted by molar-refractivity contribution is 5.90. The summed E-state index contributed by atoms with van der Waals surface area (Å²) < 4.78 is 13.4. The van der Waals surface area contributed by atoms with Gasteiger partial charge in [-0.1, -0.05) is 6.07 Å². The second-order valence-corrected chi connectivity index (χ2v) is 3.69. The highest BCUT2D eigenvalue weighted by Gasteiger charge is 2.14. The number of nitrogens with zero attached hydrogens (tertiary/aromatic N) is 1. The number of halogens is 1. The van der Waals surface area contributed by atoms with E-state index in [1.807, 2.05) is 0 Å². The summed E-state index contributed by atoms with van der Waals surface area (Å²) in [6.07, 6.45) is 3.24. The Balaban J connectivity index is 2.63. The van der Waals surface area contributed by atoms with Gasteiger partial charge in [-0.3, -0.25) is 4.98 Å². The molecule has 1 aromatic heterocycles. The van der Waals surface area contributed by atoms with Gasteiger partial charge in [-0.2, -0.15) is 0 Å². The molecule has 0 fully saturated rings. The minimum atomic E-state index is -1.27. The van der Waals surface area contributed by atoms with Crippen LogP contribution in [0.25, 0.3) is 11.1 Å². The van der Waals surface area contributed by atoms with Crippen molar-refractivity contribution in [2.45, 2.75) is 6.92 Å². The summed E-state index contributed by atoms with van der Waals surface area (Å²) >= 11 is 0. The van der Waals surface area contributed by atoms with E-state index in [0.29, 0.717) is 11.1 Å². The summed E-state index contributed by atoms with van der Waals surface area (Å²) in [4.78, 5) is 14.8. The van der Waals surface area contributed by atoms with E-state index in [-0.39, 0.29) is 5.56 Å². The first-order valence-corrected chi connectivity index (χ1v) is 5.03. The van der Waals surface area contributed by atoms with Gasteiger partial charge in [0.15, 0.2) is 0 Å². The fourth-order valence-corrected chi connectivity index (χ4v) is 1.67. The average molecular weight is 231 g/mol. The highest BCUT2D eigenvalue weighted by atomic mass is 19.1. The van der Waals surface area contributed by atoms with Crippen LogP contribution in [0.1, 0.15) is 15.9 Å². The molecule has 2 rings (SSSR count). The molecule has 1 aromatic carbocycles. The third-order valence-corrected chi connectivity index (χ3v) is 2.52. The van der Waals surface area contributed by atoms with Crippen LogP contribution in [0, 0.1) is 12.7 Å². The molecule has 0 bridgehead atoms. The van der Waals surface area contributed by atoms with Crippen molar-refractivity contribution in [3.05, 3.63) is 53.6 Å². The van der Waals surface area contributed by atoms with Crippen molar-refractivity contribution in [2.75, 3.05) is 0 Å². The molecule has 86 valence electrons. The molecule has 0 aliphatic heterocycles. The van der Waals surface area contributed by atoms with Gasteiger partial charge in [0.2, 0.25) is 0 Å². The molecule has 0 amide bonds. The summed E-state index contributed by atoms with van der Waals surface area (Å²) in [5, 5.41) is 8.87. The molecule has 0 aliphatic carbocycles. The molecular weight excluding hydrogens is 221 g/mol. The van der Waals surface area contributed by atoms with Crippen LogP contribution in [0.5, 0.6) is 0 Å². The minimum Gasteiger partial charge on any atom is -0.478 e. The van der Waals surface area contributed by atoms with Gasteiger partial charge < -0.3 is 5.11 Å². The Kier molecular flexibility index (Phi) is 2.87. The third kappa shape index (κ3) is 2.15. The maximum atomic E-state index is 13.4. The maximum Gasteiger partial charge on any atom is 0.338 e. The van der Waals surface area contributed by atoms with Crippen LogP contribution in [-0.2, 0) is 0 Å². The van der Waals surface area contributed by atoms with Gasteiger partial charge in [-0.15, -0.1) is 0 Å². The summed E-state index contributed by atoms with van der Waals surface area (Å²) in [6.45, 7) is 1.73. The number of carboxylic acids is 1. The number of rotatable bonds is 2. The molecular formula is C13H10FNO2. The van der Waals surface area contributed by atoms with Gasteiger partial charge in [0.25, 0.3) is 0 Å². The fraction of sp³-hybridized carbons (Fsp3) is 0.0769. The zero-order chi connectivity index (χ0) is 12.4. The number of pyridine rings is 1. The fourth-order valence-electron chi connectivity index (χ4n) is 1.67. The topological polar surface area (TPSA) is 50.2 Å². The number of aryl methyl sites for hydroxylation is 1. The van der Waals surface area contributed by atoms with E-state index in [0.717, 1.165) is 5.56 Å². The van der Waals surface area contributed by atoms with Gasteiger partial charge in [-0.05, 0) is 36.2 Å². The first-order chi connectivity index (χ1) is 8.09. The van der Waals surface area contributed by atoms with E-state index >= 15 is 0 Å². The zero-order valence-corrected chi connectivity index (χ0v) is 9.14. The molecule has 0 saturated heterocycles. The first-order valence-electron chi connectivity index (χ1n) is 5.03. The predicted octanol–water partition coefficient (Wildman–Crippen LogP) is 2.89. The highest BCUT2D eigenvalue weighted by Crippen LogP contribution is 2.25. The van der Waals surface area contributed by atoms with Gasteiger partial charge in [0.05, 0.1) is 5.56 Å². The number of hydrogen-bond acceptors (Lipinski definition) is 2. The Morgan fingerprint density at radius 3 is 2.76 bits per heavy atom. The minimum absolute atomic E-state index is 0.325. The average Bonchev–Trinajstić information content (AvgIpc) is 2.29. The number of benzene rings is 1. The normalized spacial score (nSPS) is 10.2. The van der Waals surface area contributed by atoms with Gasteiger partial charge in [0, 0.05) is 18.0 Å². The number of carbonyl (C=O) groups is 1. The van der Waals surface area contributed by atoms with Crippen LogP contribution in [0.3, 0.4) is 0 Å². The van der Waals surface area contributed by atoms with Crippen molar-refractivity contribution in [3.63, 3.8) is 0 Å². The second kappa shape index (κ2) is 4.33. The van der Waals surface area contributed by atoms with Gasteiger partial charge >= 0.3 is 5.97 Å². The quantitative estimate of drug-likeness (QED) is 0.864. The maximum absolute atomic E-state index is 13.4. The lowest BCUT2D eigenvalue weighted by atomic mass is 9.99. The molecule has 4 heteroatoms. The standard InChI is InChI=1S/C13H10FNO2/c1-8-5-12(14)11(13(16)17)6-10(8)9-3-2-4-15-7-9/h2-7H,1H3,(H,16,17). The van der Waals surface area contributed by atoms with E-state index in [2.05, 4.69) is 4.98 Å². The number of hydrogen-bond donors (Lipinski definition) is 1. The molecule has 0 atom stereocenters. The largest absolute Gasteiger partial charge is 0.478 e. The number of aromatic nitrogens is 1. The van der Waals surface area contributed by atoms with Crippen molar-refractivity contribution in [3.8, 4) is 11.1 Å². The molecule has 2 aromatic rings. The lowest BCUT2D eigenvalue weighted by Crippen LogP contribution is -2.02. The SMILES string of the molecule is Cc1cc(F)c(C(=O)O)cc1-c1cccnc1. The first kappa shape index (κ1) is 11.3. The van der Waals surface area contributed by atoms with Crippen molar-refractivity contribution < 1.29 is 14.3 Å². The molecule has 17 heavy (non-hydrogen) atoms. The Bertz CT molecular complexity index is 567. The second-order valence-electron chi connectivity index (χ2n) is 3.69. The molecule has 0 aliphatic rings. The van der Waals surface area contributed by atoms with Crippen LogP contribution >= 0.6 is 0 Å². The number of aromatic carboxylic acids is 1. The molecule has 3 nitrogen and oxygen atoms in total. The molecule has 0 spiro atoms. The summed E-state index contributed by atoms with van der Waals surface area (Å²) in [6, 6.07) is 6.12. The number of carboxylic acid groups (broad SMARTS) is 1.